The number of aryl methyl sites for hydroxylation is 1. The van der Waals surface area contributed by atoms with Crippen LogP contribution in [-0.4, -0.2) is 16.5 Å². The standard InChI is InChI=1S/C13H15N3/c1-3-14-13-15-10(2)9-12(16-13)11-7-5-4-6-8-11/h4-9H,3H2,1-2H3,(H,14,15,16). The fourth-order valence-electron chi connectivity index (χ4n) is 1.56. The molecule has 1 heterocycles. The average Bonchev–Trinajstić information content (AvgIpc) is 2.30. The fraction of sp³-hybridized carbons (Fsp3) is 0.231. The van der Waals surface area contributed by atoms with Crippen LogP contribution in [0, 0.1) is 6.92 Å². The van der Waals surface area contributed by atoms with Crippen LogP contribution >= 0.6 is 0 Å². The summed E-state index contributed by atoms with van der Waals surface area (Å²) in [5.41, 5.74) is 3.06. The molecule has 3 heteroatoms. The lowest BCUT2D eigenvalue weighted by Crippen LogP contribution is -2.03. The van der Waals surface area contributed by atoms with Gasteiger partial charge in [-0.05, 0) is 19.9 Å². The molecule has 1 N–H and O–H groups in total. The molecule has 0 unspecified atom stereocenters. The third kappa shape index (κ3) is 2.37. The van der Waals surface area contributed by atoms with Crippen LogP contribution in [0.5, 0.6) is 0 Å². The summed E-state index contributed by atoms with van der Waals surface area (Å²) in [5, 5.41) is 3.14. The number of anilines is 1. The first-order valence-corrected chi connectivity index (χ1v) is 5.44. The lowest BCUT2D eigenvalue weighted by molar-refractivity contribution is 1.06. The van der Waals surface area contributed by atoms with E-state index in [1.807, 2.05) is 38.1 Å². The first-order chi connectivity index (χ1) is 7.79. The van der Waals surface area contributed by atoms with Crippen LogP contribution < -0.4 is 5.32 Å². The minimum Gasteiger partial charge on any atom is -0.354 e. The summed E-state index contributed by atoms with van der Waals surface area (Å²) in [7, 11) is 0. The normalized spacial score (nSPS) is 10.1. The Bertz CT molecular complexity index is 466. The van der Waals surface area contributed by atoms with Gasteiger partial charge in [0.05, 0.1) is 5.69 Å². The van der Waals surface area contributed by atoms with E-state index < -0.39 is 0 Å². The van der Waals surface area contributed by atoms with Gasteiger partial charge in [-0.2, -0.15) is 0 Å². The van der Waals surface area contributed by atoms with Crippen LogP contribution in [0.15, 0.2) is 36.4 Å². The molecular weight excluding hydrogens is 198 g/mol. The van der Waals surface area contributed by atoms with E-state index in [9.17, 15) is 0 Å². The predicted molar refractivity (Wildman–Crippen MR) is 66.4 cm³/mol. The summed E-state index contributed by atoms with van der Waals surface area (Å²) < 4.78 is 0. The highest BCUT2D eigenvalue weighted by molar-refractivity contribution is 5.60. The Kier molecular flexibility index (Phi) is 3.15. The van der Waals surface area contributed by atoms with Crippen molar-refractivity contribution in [2.24, 2.45) is 0 Å². The van der Waals surface area contributed by atoms with Crippen molar-refractivity contribution in [1.29, 1.82) is 0 Å². The van der Waals surface area contributed by atoms with Crippen LogP contribution in [0.3, 0.4) is 0 Å². The maximum absolute atomic E-state index is 4.47. The molecule has 0 aliphatic rings. The topological polar surface area (TPSA) is 37.8 Å². The van der Waals surface area contributed by atoms with Gasteiger partial charge in [-0.3, -0.25) is 0 Å². The number of benzene rings is 1. The monoisotopic (exact) mass is 213 g/mol. The minimum atomic E-state index is 0.696. The van der Waals surface area contributed by atoms with Gasteiger partial charge in [0.15, 0.2) is 0 Å². The second-order valence-electron chi connectivity index (χ2n) is 3.61. The largest absolute Gasteiger partial charge is 0.354 e. The van der Waals surface area contributed by atoms with Crippen LogP contribution in [0.4, 0.5) is 5.95 Å². The van der Waals surface area contributed by atoms with Gasteiger partial charge in [-0.25, -0.2) is 9.97 Å². The fourth-order valence-corrected chi connectivity index (χ4v) is 1.56. The van der Waals surface area contributed by atoms with Crippen LogP contribution in [-0.2, 0) is 0 Å². The van der Waals surface area contributed by atoms with Gasteiger partial charge in [0.25, 0.3) is 0 Å². The molecule has 0 spiro atoms. The molecular formula is C13H15N3. The minimum absolute atomic E-state index is 0.696. The molecule has 0 fully saturated rings. The molecule has 0 saturated carbocycles. The van der Waals surface area contributed by atoms with Gasteiger partial charge >= 0.3 is 0 Å². The van der Waals surface area contributed by atoms with Gasteiger partial charge in [0, 0.05) is 17.8 Å². The molecule has 0 saturated heterocycles. The zero-order valence-electron chi connectivity index (χ0n) is 9.57. The van der Waals surface area contributed by atoms with Gasteiger partial charge < -0.3 is 5.32 Å². The average molecular weight is 213 g/mol. The van der Waals surface area contributed by atoms with Gasteiger partial charge in [-0.15, -0.1) is 0 Å². The summed E-state index contributed by atoms with van der Waals surface area (Å²) in [5.74, 6) is 0.696. The van der Waals surface area contributed by atoms with Crippen molar-refractivity contribution in [3.63, 3.8) is 0 Å². The number of hydrogen-bond acceptors (Lipinski definition) is 3. The third-order valence-electron chi connectivity index (χ3n) is 2.26. The van der Waals surface area contributed by atoms with Crippen molar-refractivity contribution >= 4 is 5.95 Å². The molecule has 2 aromatic rings. The lowest BCUT2D eigenvalue weighted by Gasteiger charge is -2.06. The van der Waals surface area contributed by atoms with E-state index in [0.717, 1.165) is 23.5 Å². The Morgan fingerprint density at radius 1 is 1.12 bits per heavy atom. The Morgan fingerprint density at radius 2 is 1.88 bits per heavy atom. The molecule has 0 radical (unpaired) electrons. The van der Waals surface area contributed by atoms with Crippen LogP contribution in [0.1, 0.15) is 12.6 Å². The van der Waals surface area contributed by atoms with Gasteiger partial charge in [-0.1, -0.05) is 30.3 Å². The summed E-state index contributed by atoms with van der Waals surface area (Å²) in [6, 6.07) is 12.1. The Balaban J connectivity index is 2.41. The van der Waals surface area contributed by atoms with Crippen LogP contribution in [0.2, 0.25) is 0 Å². The smallest absolute Gasteiger partial charge is 0.223 e. The highest BCUT2D eigenvalue weighted by atomic mass is 15.1. The van der Waals surface area contributed by atoms with Crippen molar-refractivity contribution in [3.8, 4) is 11.3 Å². The molecule has 82 valence electrons. The summed E-state index contributed by atoms with van der Waals surface area (Å²) in [6.07, 6.45) is 0. The lowest BCUT2D eigenvalue weighted by atomic mass is 10.1. The highest BCUT2D eigenvalue weighted by Gasteiger charge is 2.02. The van der Waals surface area contributed by atoms with Gasteiger partial charge in [0.2, 0.25) is 5.95 Å². The summed E-state index contributed by atoms with van der Waals surface area (Å²) in [4.78, 5) is 8.80. The number of hydrogen-bond donors (Lipinski definition) is 1. The molecule has 1 aromatic heterocycles. The summed E-state index contributed by atoms with van der Waals surface area (Å²) >= 11 is 0. The maximum atomic E-state index is 4.47. The van der Waals surface area contributed by atoms with E-state index in [1.54, 1.807) is 0 Å². The molecule has 0 amide bonds. The molecule has 0 aliphatic heterocycles. The van der Waals surface area contributed by atoms with Crippen molar-refractivity contribution in [2.45, 2.75) is 13.8 Å². The van der Waals surface area contributed by atoms with E-state index >= 15 is 0 Å². The molecule has 0 aliphatic carbocycles. The number of aromatic nitrogens is 2. The molecule has 16 heavy (non-hydrogen) atoms. The second kappa shape index (κ2) is 4.75. The van der Waals surface area contributed by atoms with E-state index in [-0.39, 0.29) is 0 Å². The Hall–Kier alpha value is -1.90. The van der Waals surface area contributed by atoms with E-state index in [1.165, 1.54) is 0 Å². The second-order valence-corrected chi connectivity index (χ2v) is 3.61. The quantitative estimate of drug-likeness (QED) is 0.851. The zero-order valence-corrected chi connectivity index (χ0v) is 9.57. The van der Waals surface area contributed by atoms with Crippen molar-refractivity contribution < 1.29 is 0 Å². The first-order valence-electron chi connectivity index (χ1n) is 5.44. The number of nitrogens with one attached hydrogen (secondary N) is 1. The van der Waals surface area contributed by atoms with Crippen molar-refractivity contribution in [3.05, 3.63) is 42.1 Å². The van der Waals surface area contributed by atoms with E-state index in [0.29, 0.717) is 5.95 Å². The zero-order chi connectivity index (χ0) is 11.4. The predicted octanol–water partition coefficient (Wildman–Crippen LogP) is 2.88. The van der Waals surface area contributed by atoms with E-state index in [4.69, 9.17) is 0 Å². The van der Waals surface area contributed by atoms with E-state index in [2.05, 4.69) is 27.4 Å². The molecule has 3 nitrogen and oxygen atoms in total. The molecule has 1 aromatic carbocycles. The number of nitrogens with zero attached hydrogens (tertiary/aromatic N) is 2. The van der Waals surface area contributed by atoms with Crippen molar-refractivity contribution in [1.82, 2.24) is 9.97 Å². The highest BCUT2D eigenvalue weighted by Crippen LogP contribution is 2.18. The molecule has 2 rings (SSSR count). The maximum Gasteiger partial charge on any atom is 0.223 e. The molecule has 0 atom stereocenters. The number of rotatable bonds is 3. The third-order valence-corrected chi connectivity index (χ3v) is 2.26. The SMILES string of the molecule is CCNc1nc(C)cc(-c2ccccc2)n1. The molecule has 0 bridgehead atoms. The first kappa shape index (κ1) is 10.6. The Morgan fingerprint density at radius 3 is 2.56 bits per heavy atom. The Labute approximate surface area is 95.6 Å². The van der Waals surface area contributed by atoms with Gasteiger partial charge in [0.1, 0.15) is 0 Å². The summed E-state index contributed by atoms with van der Waals surface area (Å²) in [6.45, 7) is 4.85. The van der Waals surface area contributed by atoms with Crippen LogP contribution in [0.25, 0.3) is 11.3 Å². The van der Waals surface area contributed by atoms with Crippen molar-refractivity contribution in [2.75, 3.05) is 11.9 Å².